The van der Waals surface area contributed by atoms with Gasteiger partial charge in [0.15, 0.2) is 5.82 Å². The largest absolute Gasteiger partial charge is 0.355 e. The Morgan fingerprint density at radius 1 is 1.30 bits per heavy atom. The predicted octanol–water partition coefficient (Wildman–Crippen LogP) is 1.76. The summed E-state index contributed by atoms with van der Waals surface area (Å²) in [5.74, 6) is 1.06. The molecule has 2 fully saturated rings. The molecule has 2 aromatic rings. The van der Waals surface area contributed by atoms with Crippen LogP contribution in [0.15, 0.2) is 18.5 Å². The summed E-state index contributed by atoms with van der Waals surface area (Å²) >= 11 is 0. The Kier molecular flexibility index (Phi) is 2.70. The number of anilines is 1. The van der Waals surface area contributed by atoms with Gasteiger partial charge in [0.05, 0.1) is 5.69 Å². The average molecular weight is 271 g/mol. The standard InChI is InChI=1S/C15H21N5/c1-10-7-14-15(16-5-6-20(14)18-10)19(2)13-8-11-3-4-12(9-13)17-11/h5-7,11-13,17H,3-4,8-9H2,1-2H3. The molecule has 0 amide bonds. The lowest BCUT2D eigenvalue weighted by molar-refractivity contribution is 0.354. The van der Waals surface area contributed by atoms with Gasteiger partial charge in [-0.2, -0.15) is 5.10 Å². The molecule has 2 atom stereocenters. The fourth-order valence-corrected chi connectivity index (χ4v) is 3.82. The molecule has 2 saturated heterocycles. The number of rotatable bonds is 2. The lowest BCUT2D eigenvalue weighted by atomic mass is 9.98. The topological polar surface area (TPSA) is 45.5 Å². The molecule has 2 unspecified atom stereocenters. The van der Waals surface area contributed by atoms with Crippen LogP contribution in [0.25, 0.3) is 5.52 Å². The molecule has 106 valence electrons. The van der Waals surface area contributed by atoms with E-state index in [1.165, 1.54) is 25.7 Å². The van der Waals surface area contributed by atoms with Crippen LogP contribution < -0.4 is 10.2 Å². The zero-order valence-corrected chi connectivity index (χ0v) is 12.1. The third-order valence-corrected chi connectivity index (χ3v) is 4.82. The molecular weight excluding hydrogens is 250 g/mol. The first-order valence-electron chi connectivity index (χ1n) is 7.50. The summed E-state index contributed by atoms with van der Waals surface area (Å²) in [4.78, 5) is 6.97. The minimum atomic E-state index is 0.586. The Balaban J connectivity index is 1.68. The van der Waals surface area contributed by atoms with Gasteiger partial charge in [0, 0.05) is 37.6 Å². The minimum absolute atomic E-state index is 0.586. The predicted molar refractivity (Wildman–Crippen MR) is 79.1 cm³/mol. The van der Waals surface area contributed by atoms with Crippen molar-refractivity contribution in [1.82, 2.24) is 19.9 Å². The number of aromatic nitrogens is 3. The molecule has 4 heterocycles. The average Bonchev–Trinajstić information content (AvgIpc) is 2.98. The van der Waals surface area contributed by atoms with Crippen LogP contribution in [0.4, 0.5) is 5.82 Å². The molecule has 2 aromatic heterocycles. The smallest absolute Gasteiger partial charge is 0.154 e. The molecule has 2 aliphatic heterocycles. The van der Waals surface area contributed by atoms with Gasteiger partial charge in [0.1, 0.15) is 5.52 Å². The number of nitrogens with zero attached hydrogens (tertiary/aromatic N) is 4. The molecule has 20 heavy (non-hydrogen) atoms. The molecule has 1 N–H and O–H groups in total. The van der Waals surface area contributed by atoms with Crippen LogP contribution in [0, 0.1) is 6.92 Å². The van der Waals surface area contributed by atoms with Gasteiger partial charge in [-0.15, -0.1) is 0 Å². The molecule has 2 bridgehead atoms. The van der Waals surface area contributed by atoms with Crippen LogP contribution >= 0.6 is 0 Å². The molecule has 5 heteroatoms. The molecule has 0 aliphatic carbocycles. The molecule has 0 radical (unpaired) electrons. The fourth-order valence-electron chi connectivity index (χ4n) is 3.82. The van der Waals surface area contributed by atoms with Crippen molar-refractivity contribution in [1.29, 1.82) is 0 Å². The summed E-state index contributed by atoms with van der Waals surface area (Å²) in [6.45, 7) is 2.03. The summed E-state index contributed by atoms with van der Waals surface area (Å²) in [5.41, 5.74) is 2.15. The van der Waals surface area contributed by atoms with Crippen molar-refractivity contribution in [3.63, 3.8) is 0 Å². The van der Waals surface area contributed by atoms with E-state index in [1.54, 1.807) is 0 Å². The Bertz CT molecular complexity index is 622. The van der Waals surface area contributed by atoms with Gasteiger partial charge in [-0.05, 0) is 38.7 Å². The van der Waals surface area contributed by atoms with Gasteiger partial charge in [-0.25, -0.2) is 9.50 Å². The van der Waals surface area contributed by atoms with Crippen molar-refractivity contribution in [2.75, 3.05) is 11.9 Å². The van der Waals surface area contributed by atoms with Crippen LogP contribution in [0.5, 0.6) is 0 Å². The molecular formula is C15H21N5. The highest BCUT2D eigenvalue weighted by atomic mass is 15.3. The van der Waals surface area contributed by atoms with Crippen molar-refractivity contribution in [3.05, 3.63) is 24.2 Å². The molecule has 5 nitrogen and oxygen atoms in total. The third-order valence-electron chi connectivity index (χ3n) is 4.82. The molecule has 0 aromatic carbocycles. The maximum atomic E-state index is 4.61. The van der Waals surface area contributed by atoms with E-state index in [-0.39, 0.29) is 0 Å². The first-order valence-corrected chi connectivity index (χ1v) is 7.50. The van der Waals surface area contributed by atoms with Crippen molar-refractivity contribution >= 4 is 11.3 Å². The van der Waals surface area contributed by atoms with E-state index in [0.717, 1.165) is 17.0 Å². The Morgan fingerprint density at radius 2 is 2.05 bits per heavy atom. The summed E-state index contributed by atoms with van der Waals surface area (Å²) < 4.78 is 1.93. The monoisotopic (exact) mass is 271 g/mol. The first kappa shape index (κ1) is 12.1. The van der Waals surface area contributed by atoms with Crippen LogP contribution in [-0.4, -0.2) is 39.8 Å². The SMILES string of the molecule is Cc1cc2c(N(C)C3CC4CCC(C3)N4)nccn2n1. The fraction of sp³-hybridized carbons (Fsp3) is 0.600. The molecule has 2 aliphatic rings. The summed E-state index contributed by atoms with van der Waals surface area (Å²) in [6, 6.07) is 4.11. The summed E-state index contributed by atoms with van der Waals surface area (Å²) in [6.07, 6.45) is 8.88. The van der Waals surface area contributed by atoms with E-state index < -0.39 is 0 Å². The highest BCUT2D eigenvalue weighted by molar-refractivity contribution is 5.69. The van der Waals surface area contributed by atoms with Crippen molar-refractivity contribution in [2.24, 2.45) is 0 Å². The number of aryl methyl sites for hydroxylation is 1. The second kappa shape index (κ2) is 4.45. The van der Waals surface area contributed by atoms with E-state index in [2.05, 4.69) is 33.4 Å². The van der Waals surface area contributed by atoms with Crippen LogP contribution in [-0.2, 0) is 0 Å². The quantitative estimate of drug-likeness (QED) is 0.904. The zero-order valence-electron chi connectivity index (χ0n) is 12.1. The normalized spacial score (nSPS) is 29.0. The van der Waals surface area contributed by atoms with Crippen molar-refractivity contribution < 1.29 is 0 Å². The second-order valence-corrected chi connectivity index (χ2v) is 6.24. The van der Waals surface area contributed by atoms with Crippen LogP contribution in [0.1, 0.15) is 31.4 Å². The molecule has 0 spiro atoms. The van der Waals surface area contributed by atoms with E-state index in [9.17, 15) is 0 Å². The maximum absolute atomic E-state index is 4.61. The third kappa shape index (κ3) is 1.88. The van der Waals surface area contributed by atoms with Crippen LogP contribution in [0.2, 0.25) is 0 Å². The number of hydrogen-bond acceptors (Lipinski definition) is 4. The Labute approximate surface area is 119 Å². The first-order chi connectivity index (χ1) is 9.70. The summed E-state index contributed by atoms with van der Waals surface area (Å²) in [7, 11) is 2.18. The number of nitrogens with one attached hydrogen (secondary N) is 1. The lowest BCUT2D eigenvalue weighted by Crippen LogP contribution is -2.47. The van der Waals surface area contributed by atoms with Crippen LogP contribution in [0.3, 0.4) is 0 Å². The van der Waals surface area contributed by atoms with E-state index in [4.69, 9.17) is 0 Å². The van der Waals surface area contributed by atoms with Gasteiger partial charge in [-0.3, -0.25) is 0 Å². The number of hydrogen-bond donors (Lipinski definition) is 1. The van der Waals surface area contributed by atoms with E-state index in [0.29, 0.717) is 18.1 Å². The van der Waals surface area contributed by atoms with Crippen molar-refractivity contribution in [2.45, 2.75) is 50.7 Å². The number of fused-ring (bicyclic) bond motifs is 3. The van der Waals surface area contributed by atoms with E-state index >= 15 is 0 Å². The molecule has 4 rings (SSSR count). The Hall–Kier alpha value is -1.62. The number of piperidine rings is 1. The van der Waals surface area contributed by atoms with Gasteiger partial charge < -0.3 is 10.2 Å². The van der Waals surface area contributed by atoms with Gasteiger partial charge >= 0.3 is 0 Å². The Morgan fingerprint density at radius 3 is 2.80 bits per heavy atom. The van der Waals surface area contributed by atoms with Gasteiger partial charge in [0.2, 0.25) is 0 Å². The lowest BCUT2D eigenvalue weighted by Gasteiger charge is -2.36. The highest BCUT2D eigenvalue weighted by Gasteiger charge is 2.35. The highest BCUT2D eigenvalue weighted by Crippen LogP contribution is 2.32. The van der Waals surface area contributed by atoms with Gasteiger partial charge in [-0.1, -0.05) is 0 Å². The second-order valence-electron chi connectivity index (χ2n) is 6.24. The van der Waals surface area contributed by atoms with E-state index in [1.807, 2.05) is 23.8 Å². The van der Waals surface area contributed by atoms with Crippen molar-refractivity contribution in [3.8, 4) is 0 Å². The van der Waals surface area contributed by atoms with Gasteiger partial charge in [0.25, 0.3) is 0 Å². The zero-order chi connectivity index (χ0) is 13.7. The molecule has 0 saturated carbocycles. The maximum Gasteiger partial charge on any atom is 0.154 e. The minimum Gasteiger partial charge on any atom is -0.355 e. The summed E-state index contributed by atoms with van der Waals surface area (Å²) in [5, 5.41) is 8.18.